The first-order chi connectivity index (χ1) is 9.60. The summed E-state index contributed by atoms with van der Waals surface area (Å²) in [6, 6.07) is 9.41. The lowest BCUT2D eigenvalue weighted by Crippen LogP contribution is -2.43. The summed E-state index contributed by atoms with van der Waals surface area (Å²) in [6.07, 6.45) is 2.44. The molecule has 2 rings (SSSR count). The van der Waals surface area contributed by atoms with Gasteiger partial charge in [0.2, 0.25) is 0 Å². The predicted molar refractivity (Wildman–Crippen MR) is 85.9 cm³/mol. The van der Waals surface area contributed by atoms with E-state index in [4.69, 9.17) is 5.73 Å². The molecule has 112 valence electrons. The van der Waals surface area contributed by atoms with Crippen LogP contribution in [0, 0.1) is 6.92 Å². The van der Waals surface area contributed by atoms with Crippen LogP contribution in [-0.4, -0.2) is 49.1 Å². The minimum Gasteiger partial charge on any atom is -0.323 e. The second-order valence-electron chi connectivity index (χ2n) is 6.19. The Morgan fingerprint density at radius 2 is 1.95 bits per heavy atom. The molecule has 1 saturated heterocycles. The van der Waals surface area contributed by atoms with E-state index in [9.17, 15) is 0 Å². The van der Waals surface area contributed by atoms with Gasteiger partial charge in [0.25, 0.3) is 0 Å². The number of likely N-dealkylation sites (N-methyl/N-ethyl adjacent to an activating group) is 1. The third kappa shape index (κ3) is 4.05. The lowest BCUT2D eigenvalue weighted by atomic mass is 10.0. The van der Waals surface area contributed by atoms with Crippen LogP contribution in [0.15, 0.2) is 24.3 Å². The summed E-state index contributed by atoms with van der Waals surface area (Å²) in [7, 11) is 2.23. The maximum atomic E-state index is 6.42. The Kier molecular flexibility index (Phi) is 5.58. The van der Waals surface area contributed by atoms with Crippen molar-refractivity contribution in [1.82, 2.24) is 9.80 Å². The molecule has 0 saturated carbocycles. The van der Waals surface area contributed by atoms with Gasteiger partial charge in [0.15, 0.2) is 0 Å². The van der Waals surface area contributed by atoms with Crippen LogP contribution in [0.3, 0.4) is 0 Å². The van der Waals surface area contributed by atoms with Gasteiger partial charge in [0, 0.05) is 25.2 Å². The molecule has 20 heavy (non-hydrogen) atoms. The van der Waals surface area contributed by atoms with Gasteiger partial charge in [-0.05, 0) is 45.5 Å². The Bertz CT molecular complexity index is 401. The molecule has 0 spiro atoms. The molecule has 1 aliphatic rings. The smallest absolute Gasteiger partial charge is 0.0424 e. The van der Waals surface area contributed by atoms with Gasteiger partial charge in [-0.25, -0.2) is 0 Å². The monoisotopic (exact) mass is 275 g/mol. The minimum absolute atomic E-state index is 0.119. The molecule has 1 aromatic rings. The number of nitrogens with zero attached hydrogens (tertiary/aromatic N) is 2. The Morgan fingerprint density at radius 3 is 2.60 bits per heavy atom. The van der Waals surface area contributed by atoms with E-state index in [1.807, 2.05) is 0 Å². The van der Waals surface area contributed by atoms with E-state index in [1.165, 1.54) is 37.1 Å². The Hall–Kier alpha value is -0.900. The Balaban J connectivity index is 2.01. The van der Waals surface area contributed by atoms with Crippen molar-refractivity contribution in [1.29, 1.82) is 0 Å². The number of hydrogen-bond acceptors (Lipinski definition) is 3. The highest BCUT2D eigenvalue weighted by atomic mass is 15.2. The normalized spacial score (nSPS) is 23.5. The lowest BCUT2D eigenvalue weighted by molar-refractivity contribution is 0.174. The van der Waals surface area contributed by atoms with E-state index < -0.39 is 0 Å². The van der Waals surface area contributed by atoms with E-state index in [1.54, 1.807) is 0 Å². The molecule has 0 aliphatic carbocycles. The fourth-order valence-electron chi connectivity index (χ4n) is 3.09. The summed E-state index contributed by atoms with van der Waals surface area (Å²) in [5.41, 5.74) is 8.97. The summed E-state index contributed by atoms with van der Waals surface area (Å²) in [5, 5.41) is 0. The van der Waals surface area contributed by atoms with Crippen LogP contribution in [-0.2, 0) is 0 Å². The number of rotatable bonds is 4. The van der Waals surface area contributed by atoms with Crippen molar-refractivity contribution < 1.29 is 0 Å². The van der Waals surface area contributed by atoms with Gasteiger partial charge in [-0.1, -0.05) is 36.8 Å². The molecular weight excluding hydrogens is 246 g/mol. The Labute approximate surface area is 123 Å². The molecule has 3 heteroatoms. The molecule has 2 atom stereocenters. The number of nitrogens with two attached hydrogens (primary N) is 1. The van der Waals surface area contributed by atoms with Crippen molar-refractivity contribution in [2.45, 2.75) is 38.8 Å². The SMILES string of the molecule is CCC1CN(C)CCCN1CC(N)c1ccc(C)cc1. The van der Waals surface area contributed by atoms with Gasteiger partial charge in [-0.2, -0.15) is 0 Å². The average Bonchev–Trinajstić information content (AvgIpc) is 2.61. The van der Waals surface area contributed by atoms with E-state index >= 15 is 0 Å². The standard InChI is InChI=1S/C17H29N3/c1-4-16-12-19(3)10-5-11-20(16)13-17(18)15-8-6-14(2)7-9-15/h6-9,16-17H,4-5,10-13,18H2,1-3H3. The molecular formula is C17H29N3. The molecule has 0 bridgehead atoms. The second-order valence-corrected chi connectivity index (χ2v) is 6.19. The summed E-state index contributed by atoms with van der Waals surface area (Å²) in [5.74, 6) is 0. The minimum atomic E-state index is 0.119. The van der Waals surface area contributed by atoms with Crippen LogP contribution in [0.5, 0.6) is 0 Å². The van der Waals surface area contributed by atoms with E-state index in [2.05, 4.69) is 55.0 Å². The van der Waals surface area contributed by atoms with Crippen LogP contribution in [0.25, 0.3) is 0 Å². The van der Waals surface area contributed by atoms with Crippen LogP contribution in [0.1, 0.15) is 36.9 Å². The summed E-state index contributed by atoms with van der Waals surface area (Å²) in [4.78, 5) is 5.04. The molecule has 2 unspecified atom stereocenters. The highest BCUT2D eigenvalue weighted by Crippen LogP contribution is 2.18. The molecule has 1 aliphatic heterocycles. The van der Waals surface area contributed by atoms with Crippen LogP contribution >= 0.6 is 0 Å². The Morgan fingerprint density at radius 1 is 1.25 bits per heavy atom. The van der Waals surface area contributed by atoms with Crippen molar-refractivity contribution in [3.63, 3.8) is 0 Å². The largest absolute Gasteiger partial charge is 0.323 e. The first-order valence-corrected chi connectivity index (χ1v) is 7.85. The van der Waals surface area contributed by atoms with Gasteiger partial charge >= 0.3 is 0 Å². The van der Waals surface area contributed by atoms with Crippen molar-refractivity contribution in [3.05, 3.63) is 35.4 Å². The van der Waals surface area contributed by atoms with E-state index in [-0.39, 0.29) is 6.04 Å². The fraction of sp³-hybridized carbons (Fsp3) is 0.647. The third-order valence-corrected chi connectivity index (χ3v) is 4.43. The third-order valence-electron chi connectivity index (χ3n) is 4.43. The first kappa shape index (κ1) is 15.5. The topological polar surface area (TPSA) is 32.5 Å². The first-order valence-electron chi connectivity index (χ1n) is 7.85. The molecule has 0 radical (unpaired) electrons. The quantitative estimate of drug-likeness (QED) is 0.916. The summed E-state index contributed by atoms with van der Waals surface area (Å²) < 4.78 is 0. The van der Waals surface area contributed by atoms with Crippen molar-refractivity contribution in [2.75, 3.05) is 33.2 Å². The average molecular weight is 275 g/mol. The molecule has 3 nitrogen and oxygen atoms in total. The van der Waals surface area contributed by atoms with Crippen LogP contribution < -0.4 is 5.73 Å². The van der Waals surface area contributed by atoms with Crippen molar-refractivity contribution in [2.24, 2.45) is 5.73 Å². The fourth-order valence-corrected chi connectivity index (χ4v) is 3.09. The van der Waals surface area contributed by atoms with E-state index in [0.717, 1.165) is 13.1 Å². The zero-order chi connectivity index (χ0) is 14.5. The molecule has 2 N–H and O–H groups in total. The van der Waals surface area contributed by atoms with Gasteiger partial charge in [-0.3, -0.25) is 4.90 Å². The van der Waals surface area contributed by atoms with Gasteiger partial charge in [0.05, 0.1) is 0 Å². The zero-order valence-electron chi connectivity index (χ0n) is 13.2. The second kappa shape index (κ2) is 7.21. The molecule has 0 aromatic heterocycles. The van der Waals surface area contributed by atoms with Crippen molar-refractivity contribution in [3.8, 4) is 0 Å². The van der Waals surface area contributed by atoms with Gasteiger partial charge in [0.1, 0.15) is 0 Å². The predicted octanol–water partition coefficient (Wildman–Crippen LogP) is 2.41. The maximum Gasteiger partial charge on any atom is 0.0424 e. The zero-order valence-corrected chi connectivity index (χ0v) is 13.2. The van der Waals surface area contributed by atoms with Gasteiger partial charge in [-0.15, -0.1) is 0 Å². The van der Waals surface area contributed by atoms with Crippen LogP contribution in [0.2, 0.25) is 0 Å². The highest BCUT2D eigenvalue weighted by molar-refractivity contribution is 5.24. The highest BCUT2D eigenvalue weighted by Gasteiger charge is 2.23. The lowest BCUT2D eigenvalue weighted by Gasteiger charge is -2.32. The summed E-state index contributed by atoms with van der Waals surface area (Å²) >= 11 is 0. The van der Waals surface area contributed by atoms with Crippen LogP contribution in [0.4, 0.5) is 0 Å². The maximum absolute atomic E-state index is 6.42. The van der Waals surface area contributed by atoms with E-state index in [0.29, 0.717) is 6.04 Å². The summed E-state index contributed by atoms with van der Waals surface area (Å²) in [6.45, 7) is 8.91. The molecule has 0 amide bonds. The van der Waals surface area contributed by atoms with Crippen molar-refractivity contribution >= 4 is 0 Å². The molecule has 1 aromatic carbocycles. The molecule has 1 fully saturated rings. The van der Waals surface area contributed by atoms with Gasteiger partial charge < -0.3 is 10.6 Å². The number of benzene rings is 1. The number of aryl methyl sites for hydroxylation is 1. The number of hydrogen-bond donors (Lipinski definition) is 1. The molecule has 1 heterocycles.